The van der Waals surface area contributed by atoms with Gasteiger partial charge in [0.25, 0.3) is 0 Å². The number of ether oxygens (including phenoxy) is 1. The number of amides is 2. The van der Waals surface area contributed by atoms with Gasteiger partial charge in [0, 0.05) is 18.7 Å². The van der Waals surface area contributed by atoms with E-state index in [0.29, 0.717) is 17.8 Å². The quantitative estimate of drug-likeness (QED) is 0.756. The largest absolute Gasteiger partial charge is 0.459 e. The molecule has 6 nitrogen and oxygen atoms in total. The minimum absolute atomic E-state index is 0.0201. The third-order valence-electron chi connectivity index (χ3n) is 5.01. The van der Waals surface area contributed by atoms with Gasteiger partial charge in [-0.1, -0.05) is 30.3 Å². The molecule has 0 radical (unpaired) electrons. The van der Waals surface area contributed by atoms with Gasteiger partial charge in [0.1, 0.15) is 0 Å². The third-order valence-corrected chi connectivity index (χ3v) is 5.01. The molecule has 29 heavy (non-hydrogen) atoms. The maximum absolute atomic E-state index is 12.6. The summed E-state index contributed by atoms with van der Waals surface area (Å²) in [5.74, 6) is -1.02. The number of esters is 1. The van der Waals surface area contributed by atoms with Crippen LogP contribution < -0.4 is 5.32 Å². The Morgan fingerprint density at radius 1 is 1.03 bits per heavy atom. The van der Waals surface area contributed by atoms with E-state index in [2.05, 4.69) is 5.32 Å². The predicted octanol–water partition coefficient (Wildman–Crippen LogP) is 3.80. The van der Waals surface area contributed by atoms with E-state index in [0.717, 1.165) is 5.56 Å². The zero-order chi connectivity index (χ0) is 21.0. The number of hydrogen-bond donors (Lipinski definition) is 1. The summed E-state index contributed by atoms with van der Waals surface area (Å²) in [5.41, 5.74) is 2.06. The van der Waals surface area contributed by atoms with Crippen LogP contribution in [0.25, 0.3) is 0 Å². The van der Waals surface area contributed by atoms with E-state index in [1.54, 1.807) is 43.0 Å². The fourth-order valence-corrected chi connectivity index (χ4v) is 3.41. The van der Waals surface area contributed by atoms with Gasteiger partial charge in [0.2, 0.25) is 11.8 Å². The summed E-state index contributed by atoms with van der Waals surface area (Å²) in [6.07, 6.45) is 0.00457. The standard InChI is InChI=1S/C23H26N2O4/c1-15(2)29-23(28)18-9-11-20(12-10-18)24-22(27)19-13-21(26)25(14-19)16(3)17-7-5-4-6-8-17/h4-12,15-16,19H,13-14H2,1-3H3,(H,24,27)/t16-,19-/m1/s1. The Bertz CT molecular complexity index is 878. The van der Waals surface area contributed by atoms with Gasteiger partial charge >= 0.3 is 5.97 Å². The van der Waals surface area contributed by atoms with Crippen LogP contribution in [-0.2, 0) is 14.3 Å². The van der Waals surface area contributed by atoms with Gasteiger partial charge in [-0.05, 0) is 50.6 Å². The number of likely N-dealkylation sites (tertiary alicyclic amines) is 1. The molecule has 0 unspecified atom stereocenters. The monoisotopic (exact) mass is 394 g/mol. The molecule has 2 aromatic rings. The predicted molar refractivity (Wildman–Crippen MR) is 110 cm³/mol. The number of carbonyl (C=O) groups is 3. The van der Waals surface area contributed by atoms with E-state index in [9.17, 15) is 14.4 Å². The van der Waals surface area contributed by atoms with E-state index in [1.807, 2.05) is 37.3 Å². The minimum Gasteiger partial charge on any atom is -0.459 e. The zero-order valence-corrected chi connectivity index (χ0v) is 16.9. The summed E-state index contributed by atoms with van der Waals surface area (Å²) in [7, 11) is 0. The lowest BCUT2D eigenvalue weighted by atomic mass is 10.1. The third kappa shape index (κ3) is 5.02. The molecule has 1 saturated heterocycles. The maximum atomic E-state index is 12.6. The number of nitrogens with zero attached hydrogens (tertiary/aromatic N) is 1. The Labute approximate surface area is 170 Å². The van der Waals surface area contributed by atoms with Crippen LogP contribution >= 0.6 is 0 Å². The molecular weight excluding hydrogens is 368 g/mol. The van der Waals surface area contributed by atoms with Gasteiger partial charge in [-0.2, -0.15) is 0 Å². The Balaban J connectivity index is 1.60. The van der Waals surface area contributed by atoms with Crippen molar-refractivity contribution in [3.63, 3.8) is 0 Å². The van der Waals surface area contributed by atoms with Crippen molar-refractivity contribution in [2.75, 3.05) is 11.9 Å². The Kier molecular flexibility index (Phi) is 6.32. The number of rotatable bonds is 6. The second-order valence-corrected chi connectivity index (χ2v) is 7.55. The number of carbonyl (C=O) groups excluding carboxylic acids is 3. The van der Waals surface area contributed by atoms with Crippen LogP contribution in [0.3, 0.4) is 0 Å². The molecule has 1 heterocycles. The molecule has 6 heteroatoms. The van der Waals surface area contributed by atoms with E-state index in [1.165, 1.54) is 0 Å². The SMILES string of the molecule is CC(C)OC(=O)c1ccc(NC(=O)[C@@H]2CC(=O)N([C@H](C)c3ccccc3)C2)cc1. The molecule has 0 saturated carbocycles. The lowest BCUT2D eigenvalue weighted by Gasteiger charge is -2.25. The summed E-state index contributed by atoms with van der Waals surface area (Å²) >= 11 is 0. The summed E-state index contributed by atoms with van der Waals surface area (Å²) < 4.78 is 5.15. The summed E-state index contributed by atoms with van der Waals surface area (Å²) in [6.45, 7) is 5.94. The minimum atomic E-state index is -0.403. The molecule has 0 bridgehead atoms. The second kappa shape index (κ2) is 8.90. The molecule has 152 valence electrons. The first-order valence-corrected chi connectivity index (χ1v) is 9.81. The van der Waals surface area contributed by atoms with Crippen molar-refractivity contribution in [3.05, 3.63) is 65.7 Å². The number of nitrogens with one attached hydrogen (secondary N) is 1. The Morgan fingerprint density at radius 3 is 2.31 bits per heavy atom. The highest BCUT2D eigenvalue weighted by atomic mass is 16.5. The highest BCUT2D eigenvalue weighted by Crippen LogP contribution is 2.29. The van der Waals surface area contributed by atoms with Crippen molar-refractivity contribution >= 4 is 23.5 Å². The molecule has 1 aliphatic heterocycles. The molecule has 1 aliphatic rings. The lowest BCUT2D eigenvalue weighted by molar-refractivity contribution is -0.129. The topological polar surface area (TPSA) is 75.7 Å². The first kappa shape index (κ1) is 20.6. The van der Waals surface area contributed by atoms with Crippen LogP contribution in [0.15, 0.2) is 54.6 Å². The molecule has 0 aliphatic carbocycles. The molecule has 0 spiro atoms. The van der Waals surface area contributed by atoms with Gasteiger partial charge in [-0.25, -0.2) is 4.79 Å². The fraction of sp³-hybridized carbons (Fsp3) is 0.348. The van der Waals surface area contributed by atoms with Crippen LogP contribution in [0.4, 0.5) is 5.69 Å². The van der Waals surface area contributed by atoms with E-state index in [-0.39, 0.29) is 30.4 Å². The lowest BCUT2D eigenvalue weighted by Crippen LogP contribution is -2.30. The first-order valence-electron chi connectivity index (χ1n) is 9.81. The molecule has 1 fully saturated rings. The van der Waals surface area contributed by atoms with Gasteiger partial charge < -0.3 is 15.0 Å². The highest BCUT2D eigenvalue weighted by molar-refractivity contribution is 5.98. The molecule has 1 N–H and O–H groups in total. The van der Waals surface area contributed by atoms with Crippen LogP contribution in [0.2, 0.25) is 0 Å². The van der Waals surface area contributed by atoms with Crippen molar-refractivity contribution in [2.45, 2.75) is 39.3 Å². The number of hydrogen-bond acceptors (Lipinski definition) is 4. The van der Waals surface area contributed by atoms with Gasteiger partial charge in [0.15, 0.2) is 0 Å². The zero-order valence-electron chi connectivity index (χ0n) is 16.9. The highest BCUT2D eigenvalue weighted by Gasteiger charge is 2.37. The molecular formula is C23H26N2O4. The van der Waals surface area contributed by atoms with Crippen molar-refractivity contribution in [2.24, 2.45) is 5.92 Å². The van der Waals surface area contributed by atoms with Gasteiger partial charge in [0.05, 0.1) is 23.6 Å². The van der Waals surface area contributed by atoms with Crippen LogP contribution in [0, 0.1) is 5.92 Å². The first-order chi connectivity index (χ1) is 13.8. The van der Waals surface area contributed by atoms with Crippen molar-refractivity contribution in [1.82, 2.24) is 4.90 Å². The summed E-state index contributed by atoms with van der Waals surface area (Å²) in [5, 5.41) is 2.84. The second-order valence-electron chi connectivity index (χ2n) is 7.55. The van der Waals surface area contributed by atoms with Crippen molar-refractivity contribution in [1.29, 1.82) is 0 Å². The molecule has 2 amide bonds. The average Bonchev–Trinajstić information content (AvgIpc) is 3.10. The number of anilines is 1. The maximum Gasteiger partial charge on any atom is 0.338 e. The molecule has 0 aromatic heterocycles. The fourth-order valence-electron chi connectivity index (χ4n) is 3.41. The summed E-state index contributed by atoms with van der Waals surface area (Å²) in [6, 6.07) is 16.3. The van der Waals surface area contributed by atoms with E-state index in [4.69, 9.17) is 4.74 Å². The molecule has 2 aromatic carbocycles. The summed E-state index contributed by atoms with van der Waals surface area (Å²) in [4.78, 5) is 38.8. The average molecular weight is 394 g/mol. The smallest absolute Gasteiger partial charge is 0.338 e. The van der Waals surface area contributed by atoms with Gasteiger partial charge in [-0.15, -0.1) is 0 Å². The Hall–Kier alpha value is -3.15. The van der Waals surface area contributed by atoms with Gasteiger partial charge in [-0.3, -0.25) is 9.59 Å². The van der Waals surface area contributed by atoms with E-state index < -0.39 is 11.9 Å². The molecule has 3 rings (SSSR count). The van der Waals surface area contributed by atoms with Crippen molar-refractivity contribution in [3.8, 4) is 0 Å². The van der Waals surface area contributed by atoms with Crippen LogP contribution in [0.5, 0.6) is 0 Å². The normalized spacial score (nSPS) is 17.3. The van der Waals surface area contributed by atoms with E-state index >= 15 is 0 Å². The molecule has 2 atom stereocenters. The van der Waals surface area contributed by atoms with Crippen molar-refractivity contribution < 1.29 is 19.1 Å². The Morgan fingerprint density at radius 2 is 1.69 bits per heavy atom. The van der Waals surface area contributed by atoms with Crippen LogP contribution in [0.1, 0.15) is 49.2 Å². The number of benzene rings is 2. The van der Waals surface area contributed by atoms with Crippen LogP contribution in [-0.4, -0.2) is 35.3 Å².